The summed E-state index contributed by atoms with van der Waals surface area (Å²) in [6.45, 7) is 14.1. The fraction of sp³-hybridized carbons (Fsp3) is 0.682. The van der Waals surface area contributed by atoms with Crippen molar-refractivity contribution < 1.29 is 5.11 Å². The fourth-order valence-corrected chi connectivity index (χ4v) is 4.21. The second-order valence-corrected chi connectivity index (χ2v) is 7.92. The molecule has 0 unspecified atom stereocenters. The lowest BCUT2D eigenvalue weighted by atomic mass is 10.2. The number of guanidine groups is 1. The number of benzene rings is 1. The second kappa shape index (κ2) is 11.3. The summed E-state index contributed by atoms with van der Waals surface area (Å²) >= 11 is 0. The number of hydrogen-bond donors (Lipinski definition) is 2. The number of phenolic OH excluding ortho intramolecular Hbond substituents is 1. The highest BCUT2D eigenvalue weighted by Crippen LogP contribution is 2.27. The monoisotopic (exact) mass is 402 g/mol. The molecule has 2 N–H and O–H groups in total. The van der Waals surface area contributed by atoms with Crippen molar-refractivity contribution in [1.29, 1.82) is 0 Å². The van der Waals surface area contributed by atoms with Gasteiger partial charge < -0.3 is 30.0 Å². The fourth-order valence-electron chi connectivity index (χ4n) is 4.21. The normalized spacial score (nSPS) is 19.6. The molecular formula is C22H38N6O. The molecule has 0 amide bonds. The molecule has 0 bridgehead atoms. The number of phenols is 1. The highest BCUT2D eigenvalue weighted by atomic mass is 16.3. The zero-order valence-electron chi connectivity index (χ0n) is 18.2. The minimum absolute atomic E-state index is 0.361. The summed E-state index contributed by atoms with van der Waals surface area (Å²) in [5.74, 6) is 1.36. The van der Waals surface area contributed by atoms with E-state index in [1.807, 2.05) is 25.2 Å². The Bertz CT molecular complexity index is 636. The first-order valence-electron chi connectivity index (χ1n) is 11.1. The molecule has 0 atom stereocenters. The van der Waals surface area contributed by atoms with Crippen molar-refractivity contribution in [2.24, 2.45) is 4.99 Å². The van der Waals surface area contributed by atoms with Crippen LogP contribution in [-0.2, 0) is 0 Å². The SMILES string of the molecule is CCN1CCN(CCCCNC(=NC)N2CCN(c3ccccc3O)CC2)CC1. The lowest BCUT2D eigenvalue weighted by molar-refractivity contribution is 0.136. The Morgan fingerprint density at radius 1 is 0.966 bits per heavy atom. The Kier molecular flexibility index (Phi) is 8.43. The number of para-hydroxylation sites is 2. The molecule has 2 fully saturated rings. The van der Waals surface area contributed by atoms with Crippen LogP contribution in [0.1, 0.15) is 19.8 Å². The summed E-state index contributed by atoms with van der Waals surface area (Å²) in [6, 6.07) is 7.59. The first kappa shape index (κ1) is 21.7. The molecule has 162 valence electrons. The summed E-state index contributed by atoms with van der Waals surface area (Å²) < 4.78 is 0. The topological polar surface area (TPSA) is 57.6 Å². The molecule has 0 saturated carbocycles. The van der Waals surface area contributed by atoms with E-state index in [0.717, 1.165) is 44.4 Å². The van der Waals surface area contributed by atoms with Crippen molar-refractivity contribution in [2.45, 2.75) is 19.8 Å². The maximum Gasteiger partial charge on any atom is 0.193 e. The molecule has 1 aromatic rings. The van der Waals surface area contributed by atoms with Crippen LogP contribution in [-0.4, -0.2) is 105 Å². The Balaban J connectivity index is 1.32. The lowest BCUT2D eigenvalue weighted by Gasteiger charge is -2.37. The van der Waals surface area contributed by atoms with Crippen LogP contribution in [0.4, 0.5) is 5.69 Å². The number of unbranched alkanes of at least 4 members (excludes halogenated alkanes) is 1. The summed E-state index contributed by atoms with van der Waals surface area (Å²) in [6.07, 6.45) is 2.40. The van der Waals surface area contributed by atoms with Gasteiger partial charge in [0.2, 0.25) is 0 Å². The molecule has 2 aliphatic heterocycles. The van der Waals surface area contributed by atoms with Crippen molar-refractivity contribution >= 4 is 11.6 Å². The second-order valence-electron chi connectivity index (χ2n) is 7.92. The van der Waals surface area contributed by atoms with Gasteiger partial charge in [-0.2, -0.15) is 0 Å². The molecule has 0 aliphatic carbocycles. The van der Waals surface area contributed by atoms with Gasteiger partial charge in [-0.15, -0.1) is 0 Å². The zero-order chi connectivity index (χ0) is 20.5. The van der Waals surface area contributed by atoms with Crippen LogP contribution in [0.25, 0.3) is 0 Å². The maximum absolute atomic E-state index is 10.1. The van der Waals surface area contributed by atoms with Crippen molar-refractivity contribution in [3.8, 4) is 5.75 Å². The van der Waals surface area contributed by atoms with E-state index in [2.05, 4.69) is 36.8 Å². The molecule has 2 aliphatic rings. The first-order chi connectivity index (χ1) is 14.2. The standard InChI is InChI=1S/C22H38N6O/c1-3-25-12-14-26(15-13-25)11-7-6-10-24-22(23-2)28-18-16-27(17-19-28)20-8-4-5-9-21(20)29/h4-5,8-9,29H,3,6-7,10-19H2,1-2H3,(H,23,24). The number of piperazine rings is 2. The van der Waals surface area contributed by atoms with Gasteiger partial charge in [-0.25, -0.2) is 0 Å². The van der Waals surface area contributed by atoms with Crippen LogP contribution < -0.4 is 10.2 Å². The molecule has 3 rings (SSSR count). The molecule has 29 heavy (non-hydrogen) atoms. The number of hydrogen-bond acceptors (Lipinski definition) is 5. The van der Waals surface area contributed by atoms with Crippen molar-refractivity contribution in [2.75, 3.05) is 83.9 Å². The van der Waals surface area contributed by atoms with Gasteiger partial charge in [-0.05, 0) is 38.1 Å². The summed E-state index contributed by atoms with van der Waals surface area (Å²) in [7, 11) is 1.87. The van der Waals surface area contributed by atoms with E-state index in [0.29, 0.717) is 5.75 Å². The van der Waals surface area contributed by atoms with E-state index < -0.39 is 0 Å². The summed E-state index contributed by atoms with van der Waals surface area (Å²) in [4.78, 5) is 14.2. The van der Waals surface area contributed by atoms with Gasteiger partial charge in [-0.1, -0.05) is 19.1 Å². The number of likely N-dealkylation sites (N-methyl/N-ethyl adjacent to an activating group) is 1. The highest BCUT2D eigenvalue weighted by molar-refractivity contribution is 5.80. The lowest BCUT2D eigenvalue weighted by Crippen LogP contribution is -2.52. The molecule has 2 saturated heterocycles. The highest BCUT2D eigenvalue weighted by Gasteiger charge is 2.21. The van der Waals surface area contributed by atoms with Gasteiger partial charge in [0.25, 0.3) is 0 Å². The Labute approximate surface area is 176 Å². The quantitative estimate of drug-likeness (QED) is 0.410. The summed E-state index contributed by atoms with van der Waals surface area (Å²) in [5.41, 5.74) is 0.926. The molecule has 0 radical (unpaired) electrons. The van der Waals surface area contributed by atoms with Gasteiger partial charge in [0, 0.05) is 66.0 Å². The number of nitrogens with one attached hydrogen (secondary N) is 1. The van der Waals surface area contributed by atoms with E-state index in [-0.39, 0.29) is 0 Å². The van der Waals surface area contributed by atoms with Gasteiger partial charge in [0.05, 0.1) is 5.69 Å². The minimum Gasteiger partial charge on any atom is -0.506 e. The van der Waals surface area contributed by atoms with Crippen LogP contribution in [0.15, 0.2) is 29.3 Å². The Morgan fingerprint density at radius 2 is 1.66 bits per heavy atom. The van der Waals surface area contributed by atoms with Crippen LogP contribution >= 0.6 is 0 Å². The predicted octanol–water partition coefficient (Wildman–Crippen LogP) is 1.51. The number of aliphatic imine (C=N–C) groups is 1. The molecule has 2 heterocycles. The largest absolute Gasteiger partial charge is 0.506 e. The van der Waals surface area contributed by atoms with Gasteiger partial charge in [0.1, 0.15) is 5.75 Å². The smallest absolute Gasteiger partial charge is 0.193 e. The molecule has 0 spiro atoms. The average Bonchev–Trinajstić information content (AvgIpc) is 2.77. The Morgan fingerprint density at radius 3 is 2.31 bits per heavy atom. The first-order valence-corrected chi connectivity index (χ1v) is 11.1. The average molecular weight is 403 g/mol. The number of aromatic hydroxyl groups is 1. The molecule has 0 aromatic heterocycles. The third-order valence-corrected chi connectivity index (χ3v) is 6.11. The van der Waals surface area contributed by atoms with E-state index in [4.69, 9.17) is 0 Å². The van der Waals surface area contributed by atoms with Crippen molar-refractivity contribution in [3.63, 3.8) is 0 Å². The van der Waals surface area contributed by atoms with E-state index in [9.17, 15) is 5.11 Å². The van der Waals surface area contributed by atoms with Crippen LogP contribution in [0.5, 0.6) is 5.75 Å². The predicted molar refractivity (Wildman–Crippen MR) is 121 cm³/mol. The molecule has 1 aromatic carbocycles. The maximum atomic E-state index is 10.1. The number of anilines is 1. The van der Waals surface area contributed by atoms with Crippen LogP contribution in [0.2, 0.25) is 0 Å². The van der Waals surface area contributed by atoms with Gasteiger partial charge in [0.15, 0.2) is 5.96 Å². The van der Waals surface area contributed by atoms with E-state index >= 15 is 0 Å². The molecule has 7 heteroatoms. The number of nitrogens with zero attached hydrogens (tertiary/aromatic N) is 5. The third kappa shape index (κ3) is 6.24. The molecule has 7 nitrogen and oxygen atoms in total. The molecular weight excluding hydrogens is 364 g/mol. The zero-order valence-corrected chi connectivity index (χ0v) is 18.2. The van der Waals surface area contributed by atoms with Crippen LogP contribution in [0, 0.1) is 0 Å². The third-order valence-electron chi connectivity index (χ3n) is 6.11. The van der Waals surface area contributed by atoms with Gasteiger partial charge >= 0.3 is 0 Å². The van der Waals surface area contributed by atoms with Crippen molar-refractivity contribution in [1.82, 2.24) is 20.0 Å². The Hall–Kier alpha value is -1.99. The summed E-state index contributed by atoms with van der Waals surface area (Å²) in [5, 5.41) is 13.6. The minimum atomic E-state index is 0.361. The van der Waals surface area contributed by atoms with Gasteiger partial charge in [-0.3, -0.25) is 4.99 Å². The van der Waals surface area contributed by atoms with E-state index in [1.165, 1.54) is 52.1 Å². The van der Waals surface area contributed by atoms with Crippen molar-refractivity contribution in [3.05, 3.63) is 24.3 Å². The number of rotatable bonds is 7. The van der Waals surface area contributed by atoms with E-state index in [1.54, 1.807) is 6.07 Å². The van der Waals surface area contributed by atoms with Crippen LogP contribution in [0.3, 0.4) is 0 Å².